The van der Waals surface area contributed by atoms with Crippen LogP contribution in [0.2, 0.25) is 0 Å². The van der Waals surface area contributed by atoms with Gasteiger partial charge in [0.05, 0.1) is 11.4 Å². The highest BCUT2D eigenvalue weighted by atomic mass is 127. The lowest BCUT2D eigenvalue weighted by Crippen LogP contribution is -2.49. The molecule has 1 aromatic rings. The van der Waals surface area contributed by atoms with Crippen molar-refractivity contribution in [2.24, 2.45) is 4.99 Å². The lowest BCUT2D eigenvalue weighted by molar-refractivity contribution is 0.167. The molecule has 0 saturated carbocycles. The fourth-order valence-electron chi connectivity index (χ4n) is 4.27. The van der Waals surface area contributed by atoms with Crippen LogP contribution < -0.4 is 10.6 Å². The number of aliphatic imine (C=N–C) groups is 1. The highest BCUT2D eigenvalue weighted by Crippen LogP contribution is 2.21. The molecule has 3 rings (SSSR count). The third-order valence-corrected chi connectivity index (χ3v) is 8.15. The average molecular weight is 578 g/mol. The number of sulfonamides is 1. The van der Waals surface area contributed by atoms with Crippen molar-refractivity contribution in [2.75, 3.05) is 32.7 Å². The first-order valence-corrected chi connectivity index (χ1v) is 13.2. The van der Waals surface area contributed by atoms with Crippen molar-refractivity contribution in [3.63, 3.8) is 0 Å². The molecule has 0 aromatic heterocycles. The highest BCUT2D eigenvalue weighted by molar-refractivity contribution is 14.0. The Morgan fingerprint density at radius 1 is 1.06 bits per heavy atom. The van der Waals surface area contributed by atoms with Crippen LogP contribution in [-0.4, -0.2) is 68.4 Å². The van der Waals surface area contributed by atoms with Gasteiger partial charge in [-0.05, 0) is 64.2 Å². The minimum Gasteiger partial charge on any atom is -0.357 e. The molecular weight excluding hydrogens is 537 g/mol. The monoisotopic (exact) mass is 577 g/mol. The Labute approximate surface area is 211 Å². The van der Waals surface area contributed by atoms with Crippen molar-refractivity contribution in [3.8, 4) is 0 Å². The first-order chi connectivity index (χ1) is 14.9. The molecule has 2 N–H and O–H groups in total. The fourth-order valence-corrected chi connectivity index (χ4v) is 5.78. The molecule has 0 aliphatic carbocycles. The SMILES string of the molecule is CCNC(=NCc1ccc(S(=O)(=O)N2CCCCC2)cc1)NC1CCN(C(C)C)CC1.I. The number of likely N-dealkylation sites (tertiary alicyclic amines) is 1. The van der Waals surface area contributed by atoms with Crippen LogP contribution in [0.3, 0.4) is 0 Å². The third-order valence-electron chi connectivity index (χ3n) is 6.24. The summed E-state index contributed by atoms with van der Waals surface area (Å²) >= 11 is 0. The summed E-state index contributed by atoms with van der Waals surface area (Å²) in [6, 6.07) is 8.23. The minimum atomic E-state index is -3.38. The van der Waals surface area contributed by atoms with Crippen molar-refractivity contribution < 1.29 is 8.42 Å². The fraction of sp³-hybridized carbons (Fsp3) is 0.696. The normalized spacial score (nSPS) is 19.6. The molecule has 0 amide bonds. The van der Waals surface area contributed by atoms with Crippen molar-refractivity contribution >= 4 is 40.0 Å². The summed E-state index contributed by atoms with van der Waals surface area (Å²) in [7, 11) is -3.38. The Balaban J connectivity index is 0.00000363. The van der Waals surface area contributed by atoms with E-state index in [1.54, 1.807) is 16.4 Å². The van der Waals surface area contributed by atoms with E-state index in [4.69, 9.17) is 4.99 Å². The molecule has 7 nitrogen and oxygen atoms in total. The number of nitrogens with one attached hydrogen (secondary N) is 2. The molecule has 0 radical (unpaired) electrons. The summed E-state index contributed by atoms with van der Waals surface area (Å²) in [5.74, 6) is 0.829. The topological polar surface area (TPSA) is 77.0 Å². The molecule has 2 fully saturated rings. The lowest BCUT2D eigenvalue weighted by atomic mass is 10.0. The predicted octanol–water partition coefficient (Wildman–Crippen LogP) is 3.41. The Bertz CT molecular complexity index is 815. The van der Waals surface area contributed by atoms with E-state index >= 15 is 0 Å². The minimum absolute atomic E-state index is 0. The van der Waals surface area contributed by atoms with E-state index in [9.17, 15) is 8.42 Å². The van der Waals surface area contributed by atoms with Gasteiger partial charge in [0.1, 0.15) is 0 Å². The van der Waals surface area contributed by atoms with Gasteiger partial charge in [0.2, 0.25) is 10.0 Å². The van der Waals surface area contributed by atoms with Crippen LogP contribution in [-0.2, 0) is 16.6 Å². The number of halogens is 1. The van der Waals surface area contributed by atoms with Gasteiger partial charge in [-0.3, -0.25) is 0 Å². The maximum atomic E-state index is 12.8. The summed E-state index contributed by atoms with van der Waals surface area (Å²) in [4.78, 5) is 7.63. The van der Waals surface area contributed by atoms with E-state index < -0.39 is 10.0 Å². The number of piperidine rings is 2. The molecule has 182 valence electrons. The first kappa shape index (κ1) is 27.3. The molecule has 1 aromatic carbocycles. The number of benzene rings is 1. The van der Waals surface area contributed by atoms with Gasteiger partial charge in [0.15, 0.2) is 5.96 Å². The van der Waals surface area contributed by atoms with Crippen molar-refractivity contribution in [1.82, 2.24) is 19.8 Å². The van der Waals surface area contributed by atoms with Crippen LogP contribution in [0.4, 0.5) is 0 Å². The molecule has 2 aliphatic heterocycles. The standard InChI is InChI=1S/C23H39N5O2S.HI/c1-4-24-23(26-21-12-16-27(17-13-21)19(2)3)25-18-20-8-10-22(11-9-20)31(29,30)28-14-6-5-7-15-28;/h8-11,19,21H,4-7,12-18H2,1-3H3,(H2,24,25,26);1H. The van der Waals surface area contributed by atoms with Crippen LogP contribution in [0.15, 0.2) is 34.2 Å². The molecule has 0 bridgehead atoms. The molecule has 9 heteroatoms. The van der Waals surface area contributed by atoms with Gasteiger partial charge in [-0.25, -0.2) is 13.4 Å². The molecule has 0 atom stereocenters. The first-order valence-electron chi connectivity index (χ1n) is 11.8. The quantitative estimate of drug-likeness (QED) is 0.295. The van der Waals surface area contributed by atoms with Gasteiger partial charge in [0, 0.05) is 44.8 Å². The zero-order valence-electron chi connectivity index (χ0n) is 19.7. The summed E-state index contributed by atoms with van der Waals surface area (Å²) in [6.45, 7) is 11.4. The van der Waals surface area contributed by atoms with Crippen molar-refractivity contribution in [3.05, 3.63) is 29.8 Å². The molecule has 2 saturated heterocycles. The van der Waals surface area contributed by atoms with E-state index in [2.05, 4.69) is 36.3 Å². The van der Waals surface area contributed by atoms with Crippen molar-refractivity contribution in [2.45, 2.75) is 76.4 Å². The number of rotatable bonds is 7. The summed E-state index contributed by atoms with van der Waals surface area (Å²) in [6.07, 6.45) is 5.24. The van der Waals surface area contributed by atoms with Crippen LogP contribution in [0, 0.1) is 0 Å². The van der Waals surface area contributed by atoms with E-state index in [1.807, 2.05) is 12.1 Å². The average Bonchev–Trinajstić information content (AvgIpc) is 2.79. The van der Waals surface area contributed by atoms with Crippen LogP contribution in [0.5, 0.6) is 0 Å². The summed E-state index contributed by atoms with van der Waals surface area (Å²) in [5.41, 5.74) is 1.00. The highest BCUT2D eigenvalue weighted by Gasteiger charge is 2.25. The van der Waals surface area contributed by atoms with Gasteiger partial charge < -0.3 is 15.5 Å². The molecule has 32 heavy (non-hydrogen) atoms. The smallest absolute Gasteiger partial charge is 0.243 e. The maximum Gasteiger partial charge on any atom is 0.243 e. The largest absolute Gasteiger partial charge is 0.357 e. The van der Waals surface area contributed by atoms with Gasteiger partial charge >= 0.3 is 0 Å². The molecule has 2 aliphatic rings. The van der Waals surface area contributed by atoms with Crippen LogP contribution in [0.1, 0.15) is 58.4 Å². The maximum absolute atomic E-state index is 12.8. The van der Waals surface area contributed by atoms with E-state index in [0.29, 0.717) is 36.6 Å². The van der Waals surface area contributed by atoms with Gasteiger partial charge in [0.25, 0.3) is 0 Å². The molecule has 2 heterocycles. The van der Waals surface area contributed by atoms with E-state index in [-0.39, 0.29) is 24.0 Å². The van der Waals surface area contributed by atoms with Crippen molar-refractivity contribution in [1.29, 1.82) is 0 Å². The Hall–Kier alpha value is -0.910. The Morgan fingerprint density at radius 2 is 1.69 bits per heavy atom. The molecular formula is C23H40IN5O2S. The summed E-state index contributed by atoms with van der Waals surface area (Å²) < 4.78 is 27.2. The van der Waals surface area contributed by atoms with Gasteiger partial charge in [-0.1, -0.05) is 18.6 Å². The number of nitrogens with zero attached hydrogens (tertiary/aromatic N) is 3. The number of hydrogen-bond donors (Lipinski definition) is 2. The van der Waals surface area contributed by atoms with Gasteiger partial charge in [-0.2, -0.15) is 4.31 Å². The second-order valence-electron chi connectivity index (χ2n) is 8.85. The third kappa shape index (κ3) is 7.56. The lowest BCUT2D eigenvalue weighted by Gasteiger charge is -2.35. The number of hydrogen-bond acceptors (Lipinski definition) is 4. The van der Waals surface area contributed by atoms with Crippen LogP contribution >= 0.6 is 24.0 Å². The van der Waals surface area contributed by atoms with E-state index in [1.165, 1.54) is 0 Å². The molecule has 0 unspecified atom stereocenters. The van der Waals surface area contributed by atoms with Gasteiger partial charge in [-0.15, -0.1) is 24.0 Å². The Morgan fingerprint density at radius 3 is 2.25 bits per heavy atom. The Kier molecular flexibility index (Phi) is 11.2. The second-order valence-corrected chi connectivity index (χ2v) is 10.8. The summed E-state index contributed by atoms with van der Waals surface area (Å²) in [5, 5.41) is 6.91. The number of guanidine groups is 1. The zero-order chi connectivity index (χ0) is 22.3. The molecule has 0 spiro atoms. The zero-order valence-corrected chi connectivity index (χ0v) is 22.9. The predicted molar refractivity (Wildman–Crippen MR) is 142 cm³/mol. The second kappa shape index (κ2) is 13.1. The van der Waals surface area contributed by atoms with Crippen LogP contribution in [0.25, 0.3) is 0 Å². The van der Waals surface area contributed by atoms with E-state index in [0.717, 1.165) is 63.3 Å².